The molecule has 1 atom stereocenters. The maximum Gasteiger partial charge on any atom is 0.253 e. The number of aromatic nitrogens is 2. The highest BCUT2D eigenvalue weighted by atomic mass is 35.5. The number of primary amides is 1. The second kappa shape index (κ2) is 8.46. The van der Waals surface area contributed by atoms with Crippen LogP contribution in [-0.2, 0) is 21.4 Å². The highest BCUT2D eigenvalue weighted by Gasteiger charge is 2.39. The van der Waals surface area contributed by atoms with Gasteiger partial charge in [-0.05, 0) is 30.0 Å². The van der Waals surface area contributed by atoms with Crippen LogP contribution in [0.15, 0.2) is 51.5 Å². The van der Waals surface area contributed by atoms with Gasteiger partial charge in [0, 0.05) is 12.1 Å². The summed E-state index contributed by atoms with van der Waals surface area (Å²) in [5, 5.41) is 3.78. The molecule has 1 unspecified atom stereocenters. The lowest BCUT2D eigenvalue weighted by Crippen LogP contribution is -2.47. The van der Waals surface area contributed by atoms with Gasteiger partial charge in [-0.2, -0.15) is 9.29 Å². The van der Waals surface area contributed by atoms with E-state index in [2.05, 4.69) is 10.1 Å². The minimum absolute atomic E-state index is 0.00467. The number of carbonyl (C=O) groups is 1. The molecule has 1 aliphatic rings. The predicted molar refractivity (Wildman–Crippen MR) is 112 cm³/mol. The van der Waals surface area contributed by atoms with Crippen LogP contribution in [0.5, 0.6) is 0 Å². The van der Waals surface area contributed by atoms with Crippen molar-refractivity contribution in [2.75, 3.05) is 0 Å². The van der Waals surface area contributed by atoms with E-state index in [0.29, 0.717) is 28.1 Å². The molecular formula is C19H19ClN4O4S2. The molecule has 0 aliphatic heterocycles. The van der Waals surface area contributed by atoms with Crippen molar-refractivity contribution in [1.82, 2.24) is 14.4 Å². The van der Waals surface area contributed by atoms with Crippen LogP contribution in [0.4, 0.5) is 0 Å². The molecule has 2 N–H and O–H groups in total. The fraction of sp³-hybridized carbons (Fsp3) is 0.316. The summed E-state index contributed by atoms with van der Waals surface area (Å²) in [6.07, 6.45) is 3.59. The third-order valence-corrected chi connectivity index (χ3v) is 8.51. The molecule has 0 bridgehead atoms. The minimum Gasteiger partial charge on any atom is -0.368 e. The standard InChI is InChI=1S/C19H19ClN4O4S2/c20-16-7-8-17(29-16)30(26,27)24(15(18(21)25)9-12-1-2-12)10-13-3-5-14(6-4-13)19-22-11-28-23-19/h3-8,11-12,15H,1-2,9-10H2,(H2,21,25). The molecule has 11 heteroatoms. The number of sulfonamides is 1. The first kappa shape index (κ1) is 21.0. The number of rotatable bonds is 9. The third-order valence-electron chi connectivity index (χ3n) is 4.95. The van der Waals surface area contributed by atoms with Gasteiger partial charge in [0.05, 0.1) is 4.34 Å². The number of thiophene rings is 1. The maximum absolute atomic E-state index is 13.4. The van der Waals surface area contributed by atoms with E-state index in [4.69, 9.17) is 21.9 Å². The average molecular weight is 467 g/mol. The van der Waals surface area contributed by atoms with Gasteiger partial charge in [0.1, 0.15) is 10.3 Å². The molecule has 1 aromatic carbocycles. The Labute approximate surface area is 182 Å². The quantitative estimate of drug-likeness (QED) is 0.516. The summed E-state index contributed by atoms with van der Waals surface area (Å²) in [4.78, 5) is 16.2. The number of halogens is 1. The van der Waals surface area contributed by atoms with Crippen LogP contribution in [0, 0.1) is 5.92 Å². The number of nitrogens with two attached hydrogens (primary N) is 1. The highest BCUT2D eigenvalue weighted by Crippen LogP contribution is 2.37. The van der Waals surface area contributed by atoms with Crippen LogP contribution in [0.1, 0.15) is 24.8 Å². The van der Waals surface area contributed by atoms with Crippen LogP contribution in [-0.4, -0.2) is 34.8 Å². The van der Waals surface area contributed by atoms with E-state index in [1.165, 1.54) is 22.8 Å². The zero-order chi connectivity index (χ0) is 21.3. The molecule has 0 spiro atoms. The second-order valence-electron chi connectivity index (χ2n) is 7.16. The summed E-state index contributed by atoms with van der Waals surface area (Å²) in [6.45, 7) is 0.00467. The smallest absolute Gasteiger partial charge is 0.253 e. The van der Waals surface area contributed by atoms with Crippen molar-refractivity contribution in [2.24, 2.45) is 11.7 Å². The van der Waals surface area contributed by atoms with Crippen molar-refractivity contribution in [2.45, 2.75) is 36.1 Å². The Kier molecular flexibility index (Phi) is 5.92. The molecular weight excluding hydrogens is 448 g/mol. The molecule has 3 aromatic rings. The SMILES string of the molecule is NC(=O)C(CC1CC1)N(Cc1ccc(-c2ncon2)cc1)S(=O)(=O)c1ccc(Cl)s1. The van der Waals surface area contributed by atoms with Crippen LogP contribution in [0.2, 0.25) is 4.34 Å². The fourth-order valence-corrected chi connectivity index (χ4v) is 6.40. The summed E-state index contributed by atoms with van der Waals surface area (Å²) in [6, 6.07) is 9.12. The van der Waals surface area contributed by atoms with Gasteiger partial charge in [-0.15, -0.1) is 11.3 Å². The number of amides is 1. The van der Waals surface area contributed by atoms with Gasteiger partial charge in [-0.3, -0.25) is 4.79 Å². The predicted octanol–water partition coefficient (Wildman–Crippen LogP) is 3.30. The van der Waals surface area contributed by atoms with Gasteiger partial charge in [-0.1, -0.05) is 53.9 Å². The lowest BCUT2D eigenvalue weighted by atomic mass is 10.1. The van der Waals surface area contributed by atoms with E-state index in [0.717, 1.165) is 29.7 Å². The number of hydrogen-bond acceptors (Lipinski definition) is 7. The van der Waals surface area contributed by atoms with Crippen molar-refractivity contribution >= 4 is 38.9 Å². The van der Waals surface area contributed by atoms with Gasteiger partial charge < -0.3 is 10.3 Å². The normalized spacial score (nSPS) is 15.4. The first-order chi connectivity index (χ1) is 14.3. The van der Waals surface area contributed by atoms with Gasteiger partial charge >= 0.3 is 0 Å². The summed E-state index contributed by atoms with van der Waals surface area (Å²) in [5.41, 5.74) is 7.08. The van der Waals surface area contributed by atoms with Gasteiger partial charge in [0.25, 0.3) is 10.0 Å². The van der Waals surface area contributed by atoms with Crippen molar-refractivity contribution in [3.63, 3.8) is 0 Å². The van der Waals surface area contributed by atoms with E-state index >= 15 is 0 Å². The van der Waals surface area contributed by atoms with Gasteiger partial charge in [-0.25, -0.2) is 8.42 Å². The summed E-state index contributed by atoms with van der Waals surface area (Å²) >= 11 is 6.91. The highest BCUT2D eigenvalue weighted by molar-refractivity contribution is 7.91. The Hall–Kier alpha value is -2.27. The van der Waals surface area contributed by atoms with Crippen molar-refractivity contribution in [3.05, 3.63) is 52.7 Å². The van der Waals surface area contributed by atoms with Crippen LogP contribution >= 0.6 is 22.9 Å². The Morgan fingerprint density at radius 1 is 1.27 bits per heavy atom. The molecule has 2 heterocycles. The topological polar surface area (TPSA) is 119 Å². The molecule has 4 rings (SSSR count). The number of benzene rings is 1. The monoisotopic (exact) mass is 466 g/mol. The lowest BCUT2D eigenvalue weighted by molar-refractivity contribution is -0.122. The van der Waals surface area contributed by atoms with E-state index in [-0.39, 0.29) is 10.8 Å². The van der Waals surface area contributed by atoms with Gasteiger partial charge in [0.2, 0.25) is 18.1 Å². The zero-order valence-electron chi connectivity index (χ0n) is 15.8. The second-order valence-corrected chi connectivity index (χ2v) is 11.0. The number of carbonyl (C=O) groups excluding carboxylic acids is 1. The summed E-state index contributed by atoms with van der Waals surface area (Å²) in [7, 11) is -3.97. The molecule has 1 fully saturated rings. The first-order valence-electron chi connectivity index (χ1n) is 9.27. The van der Waals surface area contributed by atoms with Crippen LogP contribution in [0.25, 0.3) is 11.4 Å². The van der Waals surface area contributed by atoms with Crippen LogP contribution < -0.4 is 5.73 Å². The van der Waals surface area contributed by atoms with E-state index in [1.54, 1.807) is 24.3 Å². The number of nitrogens with zero attached hydrogens (tertiary/aromatic N) is 3. The molecule has 1 saturated carbocycles. The van der Waals surface area contributed by atoms with Gasteiger partial charge in [0.15, 0.2) is 0 Å². The number of hydrogen-bond donors (Lipinski definition) is 1. The van der Waals surface area contributed by atoms with E-state index in [9.17, 15) is 13.2 Å². The molecule has 2 aromatic heterocycles. The van der Waals surface area contributed by atoms with Crippen LogP contribution in [0.3, 0.4) is 0 Å². The van der Waals surface area contributed by atoms with Crippen molar-refractivity contribution in [3.8, 4) is 11.4 Å². The lowest BCUT2D eigenvalue weighted by Gasteiger charge is -2.28. The summed E-state index contributed by atoms with van der Waals surface area (Å²) < 4.78 is 33.2. The molecule has 1 aliphatic carbocycles. The third kappa shape index (κ3) is 4.56. The van der Waals surface area contributed by atoms with Crippen molar-refractivity contribution in [1.29, 1.82) is 0 Å². The van der Waals surface area contributed by atoms with E-state index in [1.807, 2.05) is 0 Å². The van der Waals surface area contributed by atoms with Crippen molar-refractivity contribution < 1.29 is 17.7 Å². The minimum atomic E-state index is -3.97. The zero-order valence-corrected chi connectivity index (χ0v) is 18.2. The molecule has 0 saturated heterocycles. The Bertz CT molecular complexity index is 1130. The first-order valence-corrected chi connectivity index (χ1v) is 11.9. The average Bonchev–Trinajstić information content (AvgIpc) is 3.16. The van der Waals surface area contributed by atoms with E-state index < -0.39 is 22.0 Å². The summed E-state index contributed by atoms with van der Waals surface area (Å²) in [5.74, 6) is 0.0901. The Balaban J connectivity index is 1.66. The Morgan fingerprint density at radius 2 is 2.00 bits per heavy atom. The maximum atomic E-state index is 13.4. The largest absolute Gasteiger partial charge is 0.368 e. The molecule has 0 radical (unpaired) electrons. The molecule has 8 nitrogen and oxygen atoms in total. The molecule has 158 valence electrons. The molecule has 1 amide bonds. The Morgan fingerprint density at radius 3 is 2.53 bits per heavy atom. The molecule has 30 heavy (non-hydrogen) atoms. The fourth-order valence-electron chi connectivity index (χ4n) is 3.20.